The van der Waals surface area contributed by atoms with E-state index in [0.717, 1.165) is 0 Å². The number of aryl methyl sites for hydroxylation is 1. The monoisotopic (exact) mass is 314 g/mol. The van der Waals surface area contributed by atoms with E-state index in [4.69, 9.17) is 21.8 Å². The number of pyridine rings is 1. The van der Waals surface area contributed by atoms with Crippen molar-refractivity contribution >= 4 is 29.4 Å². The van der Waals surface area contributed by atoms with Crippen LogP contribution in [0.4, 0.5) is 0 Å². The Labute approximate surface area is 125 Å². The molecule has 1 amide bonds. The maximum Gasteiger partial charge on any atom is 0.326 e. The van der Waals surface area contributed by atoms with Crippen LogP contribution in [-0.2, 0) is 16.0 Å². The molecule has 21 heavy (non-hydrogen) atoms. The van der Waals surface area contributed by atoms with Crippen LogP contribution in [0.25, 0.3) is 0 Å². The van der Waals surface area contributed by atoms with E-state index in [1.54, 1.807) is 0 Å². The Bertz CT molecular complexity index is 561. The van der Waals surface area contributed by atoms with E-state index in [1.807, 2.05) is 6.92 Å². The van der Waals surface area contributed by atoms with E-state index >= 15 is 0 Å². The molecule has 0 aliphatic heterocycles. The number of halogens is 1. The maximum atomic E-state index is 12.0. The summed E-state index contributed by atoms with van der Waals surface area (Å²) in [6, 6.07) is 1.56. The van der Waals surface area contributed by atoms with Crippen molar-refractivity contribution in [3.63, 3.8) is 0 Å². The minimum absolute atomic E-state index is 0.136. The van der Waals surface area contributed by atoms with Gasteiger partial charge in [-0.05, 0) is 25.0 Å². The fourth-order valence-corrected chi connectivity index (χ4v) is 1.86. The number of carboxylic acids is 2. The van der Waals surface area contributed by atoms with Gasteiger partial charge in [-0.15, -0.1) is 0 Å². The van der Waals surface area contributed by atoms with Crippen molar-refractivity contribution in [1.82, 2.24) is 10.3 Å². The number of aliphatic carboxylic acids is 2. The van der Waals surface area contributed by atoms with Crippen LogP contribution in [0.15, 0.2) is 12.1 Å². The highest BCUT2D eigenvalue weighted by Crippen LogP contribution is 2.12. The number of carboxylic acid groups (broad SMARTS) is 2. The lowest BCUT2D eigenvalue weighted by molar-refractivity contribution is -0.140. The van der Waals surface area contributed by atoms with Crippen LogP contribution in [0.5, 0.6) is 0 Å². The largest absolute Gasteiger partial charge is 0.481 e. The number of aromatic nitrogens is 1. The molecule has 0 bridgehead atoms. The molecule has 1 aromatic heterocycles. The predicted octanol–water partition coefficient (Wildman–Crippen LogP) is 1.35. The Morgan fingerprint density at radius 2 is 2.00 bits per heavy atom. The lowest BCUT2D eigenvalue weighted by atomic mass is 10.1. The summed E-state index contributed by atoms with van der Waals surface area (Å²) in [5.74, 6) is -3.05. The zero-order valence-corrected chi connectivity index (χ0v) is 12.1. The number of nitrogens with zero attached hydrogens (tertiary/aromatic N) is 1. The first-order chi connectivity index (χ1) is 9.83. The second kappa shape index (κ2) is 7.58. The number of carbonyl (C=O) groups excluding carboxylic acids is 1. The number of nitrogens with one attached hydrogen (secondary N) is 1. The second-order valence-electron chi connectivity index (χ2n) is 4.32. The third-order valence-corrected chi connectivity index (χ3v) is 2.92. The van der Waals surface area contributed by atoms with Gasteiger partial charge in [-0.3, -0.25) is 9.59 Å². The zero-order chi connectivity index (χ0) is 16.0. The SMILES string of the molecule is CCc1cc(C(=O)NC(CCC(=O)O)C(=O)O)cc(Cl)n1. The van der Waals surface area contributed by atoms with Crippen LogP contribution in [0.1, 0.15) is 35.8 Å². The summed E-state index contributed by atoms with van der Waals surface area (Å²) in [4.78, 5) is 37.5. The summed E-state index contributed by atoms with van der Waals surface area (Å²) in [6.07, 6.45) is 0.0205. The van der Waals surface area contributed by atoms with Crippen molar-refractivity contribution in [3.05, 3.63) is 28.5 Å². The summed E-state index contributed by atoms with van der Waals surface area (Å²) in [7, 11) is 0. The van der Waals surface area contributed by atoms with Gasteiger partial charge < -0.3 is 15.5 Å². The zero-order valence-electron chi connectivity index (χ0n) is 11.3. The minimum atomic E-state index is -1.29. The molecule has 3 N–H and O–H groups in total. The minimum Gasteiger partial charge on any atom is -0.481 e. The van der Waals surface area contributed by atoms with E-state index in [-0.39, 0.29) is 23.6 Å². The number of rotatable bonds is 7. The fraction of sp³-hybridized carbons (Fsp3) is 0.385. The van der Waals surface area contributed by atoms with E-state index < -0.39 is 23.9 Å². The summed E-state index contributed by atoms with van der Waals surface area (Å²) in [5, 5.41) is 20.0. The van der Waals surface area contributed by atoms with E-state index in [2.05, 4.69) is 10.3 Å². The summed E-state index contributed by atoms with van der Waals surface area (Å²) in [6.45, 7) is 1.84. The number of hydrogen-bond donors (Lipinski definition) is 3. The van der Waals surface area contributed by atoms with Crippen LogP contribution in [0, 0.1) is 0 Å². The van der Waals surface area contributed by atoms with Gasteiger partial charge in [0.15, 0.2) is 0 Å². The van der Waals surface area contributed by atoms with Crippen LogP contribution in [0.2, 0.25) is 5.15 Å². The fourth-order valence-electron chi connectivity index (χ4n) is 1.63. The van der Waals surface area contributed by atoms with Crippen molar-refractivity contribution in [3.8, 4) is 0 Å². The van der Waals surface area contributed by atoms with Gasteiger partial charge in [-0.25, -0.2) is 9.78 Å². The molecule has 0 saturated carbocycles. The molecule has 1 rings (SSSR count). The molecular formula is C13H15ClN2O5. The Morgan fingerprint density at radius 1 is 1.33 bits per heavy atom. The summed E-state index contributed by atoms with van der Waals surface area (Å²) < 4.78 is 0. The van der Waals surface area contributed by atoms with Crippen molar-refractivity contribution in [1.29, 1.82) is 0 Å². The molecule has 0 radical (unpaired) electrons. The predicted molar refractivity (Wildman–Crippen MR) is 74.4 cm³/mol. The Kier molecular flexibility index (Phi) is 6.10. The molecule has 0 aliphatic rings. The molecule has 1 aromatic rings. The third kappa shape index (κ3) is 5.39. The smallest absolute Gasteiger partial charge is 0.326 e. The van der Waals surface area contributed by atoms with Gasteiger partial charge in [-0.2, -0.15) is 0 Å². The Balaban J connectivity index is 2.84. The van der Waals surface area contributed by atoms with Crippen LogP contribution < -0.4 is 5.32 Å². The highest BCUT2D eigenvalue weighted by Gasteiger charge is 2.22. The molecule has 0 fully saturated rings. The molecule has 1 heterocycles. The molecule has 0 saturated heterocycles. The molecular weight excluding hydrogens is 300 g/mol. The molecule has 0 spiro atoms. The van der Waals surface area contributed by atoms with Crippen LogP contribution in [-0.4, -0.2) is 39.1 Å². The average molecular weight is 315 g/mol. The normalized spacial score (nSPS) is 11.7. The molecule has 0 aliphatic carbocycles. The highest BCUT2D eigenvalue weighted by atomic mass is 35.5. The van der Waals surface area contributed by atoms with Crippen molar-refractivity contribution in [2.75, 3.05) is 0 Å². The van der Waals surface area contributed by atoms with Gasteiger partial charge >= 0.3 is 11.9 Å². The first kappa shape index (κ1) is 16.9. The van der Waals surface area contributed by atoms with Crippen molar-refractivity contribution < 1.29 is 24.6 Å². The molecule has 1 atom stereocenters. The maximum absolute atomic E-state index is 12.0. The highest BCUT2D eigenvalue weighted by molar-refractivity contribution is 6.29. The molecule has 7 nitrogen and oxygen atoms in total. The van der Waals surface area contributed by atoms with Crippen LogP contribution >= 0.6 is 11.6 Å². The number of hydrogen-bond acceptors (Lipinski definition) is 4. The van der Waals surface area contributed by atoms with Crippen molar-refractivity contribution in [2.24, 2.45) is 0 Å². The summed E-state index contributed by atoms with van der Waals surface area (Å²) >= 11 is 5.79. The average Bonchev–Trinajstić information content (AvgIpc) is 2.41. The van der Waals surface area contributed by atoms with Gasteiger partial charge in [0.25, 0.3) is 5.91 Å². The van der Waals surface area contributed by atoms with Crippen molar-refractivity contribution in [2.45, 2.75) is 32.2 Å². The van der Waals surface area contributed by atoms with Gasteiger partial charge in [0.2, 0.25) is 0 Å². The molecule has 0 aromatic carbocycles. The van der Waals surface area contributed by atoms with Gasteiger partial charge in [0.1, 0.15) is 11.2 Å². The van der Waals surface area contributed by atoms with Gasteiger partial charge in [-0.1, -0.05) is 18.5 Å². The quantitative estimate of drug-likeness (QED) is 0.654. The molecule has 1 unspecified atom stereocenters. The van der Waals surface area contributed by atoms with Crippen LogP contribution in [0.3, 0.4) is 0 Å². The van der Waals surface area contributed by atoms with E-state index in [0.29, 0.717) is 12.1 Å². The van der Waals surface area contributed by atoms with Gasteiger partial charge in [0, 0.05) is 17.7 Å². The Morgan fingerprint density at radius 3 is 2.52 bits per heavy atom. The number of amides is 1. The summed E-state index contributed by atoms with van der Waals surface area (Å²) in [5.41, 5.74) is 0.790. The first-order valence-electron chi connectivity index (χ1n) is 6.25. The second-order valence-corrected chi connectivity index (χ2v) is 4.71. The lowest BCUT2D eigenvalue weighted by Crippen LogP contribution is -2.41. The first-order valence-corrected chi connectivity index (χ1v) is 6.63. The van der Waals surface area contributed by atoms with E-state index in [1.165, 1.54) is 12.1 Å². The topological polar surface area (TPSA) is 117 Å². The standard InChI is InChI=1S/C13H15ClN2O5/c1-2-8-5-7(6-10(14)15-8)12(19)16-9(13(20)21)3-4-11(17)18/h5-6,9H,2-4H2,1H3,(H,16,19)(H,17,18)(H,20,21). The Hall–Kier alpha value is -2.15. The van der Waals surface area contributed by atoms with Gasteiger partial charge in [0.05, 0.1) is 0 Å². The number of carbonyl (C=O) groups is 3. The molecule has 8 heteroatoms. The lowest BCUT2D eigenvalue weighted by Gasteiger charge is -2.14. The molecule has 114 valence electrons. The third-order valence-electron chi connectivity index (χ3n) is 2.72. The van der Waals surface area contributed by atoms with E-state index in [9.17, 15) is 14.4 Å².